The van der Waals surface area contributed by atoms with Gasteiger partial charge in [-0.05, 0) is 43.9 Å². The molecule has 2 saturated heterocycles. The topological polar surface area (TPSA) is 66.9 Å². The van der Waals surface area contributed by atoms with E-state index in [2.05, 4.69) is 0 Å². The van der Waals surface area contributed by atoms with Crippen LogP contribution in [-0.2, 0) is 25.5 Å². The number of carbonyl (C=O) groups is 3. The monoisotopic (exact) mass is 390 g/mol. The van der Waals surface area contributed by atoms with Gasteiger partial charge in [0.1, 0.15) is 5.82 Å². The summed E-state index contributed by atoms with van der Waals surface area (Å²) < 4.78 is 18.1. The van der Waals surface area contributed by atoms with Crippen LogP contribution >= 0.6 is 0 Å². The van der Waals surface area contributed by atoms with E-state index in [4.69, 9.17) is 4.74 Å². The number of ether oxygens (including phenoxy) is 1. The van der Waals surface area contributed by atoms with Crippen molar-refractivity contribution in [1.29, 1.82) is 0 Å². The van der Waals surface area contributed by atoms with E-state index in [0.29, 0.717) is 39.2 Å². The molecule has 2 fully saturated rings. The number of piperidine rings is 1. The molecular formula is C21H27FN2O4. The normalized spacial score (nSPS) is 22.4. The summed E-state index contributed by atoms with van der Waals surface area (Å²) in [5.41, 5.74) is 0.956. The average Bonchev–Trinajstić information content (AvgIpc) is 3.08. The number of amides is 2. The molecule has 2 amide bonds. The molecule has 7 heteroatoms. The quantitative estimate of drug-likeness (QED) is 0.697. The number of rotatable bonds is 6. The van der Waals surface area contributed by atoms with Gasteiger partial charge in [0.2, 0.25) is 11.8 Å². The van der Waals surface area contributed by atoms with E-state index in [0.717, 1.165) is 18.4 Å². The molecule has 1 aromatic carbocycles. The second-order valence-electron chi connectivity index (χ2n) is 7.49. The fourth-order valence-electron chi connectivity index (χ4n) is 3.96. The number of nitrogens with zero attached hydrogens (tertiary/aromatic N) is 2. The number of hydrogen-bond donors (Lipinski definition) is 0. The van der Waals surface area contributed by atoms with Crippen LogP contribution in [0.25, 0.3) is 0 Å². The molecule has 28 heavy (non-hydrogen) atoms. The Labute approximate surface area is 164 Å². The minimum atomic E-state index is -0.360. The van der Waals surface area contributed by atoms with E-state index in [-0.39, 0.29) is 41.9 Å². The highest BCUT2D eigenvalue weighted by molar-refractivity contribution is 5.89. The van der Waals surface area contributed by atoms with Crippen molar-refractivity contribution in [2.75, 3.05) is 32.8 Å². The van der Waals surface area contributed by atoms with Crippen LogP contribution in [0.15, 0.2) is 24.3 Å². The van der Waals surface area contributed by atoms with Gasteiger partial charge in [0.05, 0.1) is 18.4 Å². The molecule has 6 nitrogen and oxygen atoms in total. The molecule has 0 saturated carbocycles. The Bertz CT molecular complexity index is 722. The Morgan fingerprint density at radius 3 is 2.64 bits per heavy atom. The Morgan fingerprint density at radius 2 is 1.93 bits per heavy atom. The van der Waals surface area contributed by atoms with Crippen LogP contribution in [0.5, 0.6) is 0 Å². The first kappa shape index (κ1) is 20.3. The highest BCUT2D eigenvalue weighted by Crippen LogP contribution is 2.25. The molecule has 2 heterocycles. The van der Waals surface area contributed by atoms with Gasteiger partial charge in [-0.2, -0.15) is 0 Å². The number of hydrogen-bond acceptors (Lipinski definition) is 4. The molecule has 0 unspecified atom stereocenters. The lowest BCUT2D eigenvalue weighted by atomic mass is 9.96. The fraction of sp³-hybridized carbons (Fsp3) is 0.571. The Kier molecular flexibility index (Phi) is 6.65. The predicted molar refractivity (Wildman–Crippen MR) is 101 cm³/mol. The van der Waals surface area contributed by atoms with E-state index >= 15 is 0 Å². The van der Waals surface area contributed by atoms with E-state index < -0.39 is 0 Å². The van der Waals surface area contributed by atoms with Gasteiger partial charge >= 0.3 is 5.97 Å². The van der Waals surface area contributed by atoms with Crippen molar-refractivity contribution in [2.45, 2.75) is 32.6 Å². The van der Waals surface area contributed by atoms with Crippen molar-refractivity contribution in [1.82, 2.24) is 9.80 Å². The molecule has 0 spiro atoms. The molecule has 2 aliphatic heterocycles. The van der Waals surface area contributed by atoms with Crippen molar-refractivity contribution in [2.24, 2.45) is 11.8 Å². The van der Waals surface area contributed by atoms with Gasteiger partial charge in [-0.25, -0.2) is 4.39 Å². The zero-order chi connectivity index (χ0) is 20.1. The van der Waals surface area contributed by atoms with Gasteiger partial charge in [0.15, 0.2) is 0 Å². The number of carbonyl (C=O) groups excluding carboxylic acids is 3. The maximum Gasteiger partial charge on any atom is 0.310 e. The molecule has 2 atom stereocenters. The van der Waals surface area contributed by atoms with Crippen LogP contribution in [0.4, 0.5) is 4.39 Å². The first-order valence-electron chi connectivity index (χ1n) is 9.95. The van der Waals surface area contributed by atoms with Crippen LogP contribution in [0, 0.1) is 17.7 Å². The SMILES string of the molecule is CCOC(=O)[C@@H]1CCCN(C(=O)[C@H]2CC(=O)N(CCc3ccc(F)cc3)C2)C1. The Balaban J connectivity index is 1.52. The molecule has 0 radical (unpaired) electrons. The number of likely N-dealkylation sites (tertiary alicyclic amines) is 2. The zero-order valence-electron chi connectivity index (χ0n) is 16.2. The Hall–Kier alpha value is -2.44. The zero-order valence-corrected chi connectivity index (χ0v) is 16.2. The fourth-order valence-corrected chi connectivity index (χ4v) is 3.96. The largest absolute Gasteiger partial charge is 0.466 e. The molecule has 0 N–H and O–H groups in total. The van der Waals surface area contributed by atoms with Gasteiger partial charge in [0.25, 0.3) is 0 Å². The molecule has 3 rings (SSSR count). The molecule has 1 aromatic rings. The summed E-state index contributed by atoms with van der Waals surface area (Å²) in [5.74, 6) is -1.24. The van der Waals surface area contributed by atoms with Gasteiger partial charge in [0, 0.05) is 32.6 Å². The second kappa shape index (κ2) is 9.17. The van der Waals surface area contributed by atoms with Crippen molar-refractivity contribution < 1.29 is 23.5 Å². The maximum atomic E-state index is 13.0. The van der Waals surface area contributed by atoms with Crippen LogP contribution in [0.1, 0.15) is 31.7 Å². The van der Waals surface area contributed by atoms with E-state index in [9.17, 15) is 18.8 Å². The minimum Gasteiger partial charge on any atom is -0.466 e. The molecule has 2 aliphatic rings. The highest BCUT2D eigenvalue weighted by atomic mass is 19.1. The smallest absolute Gasteiger partial charge is 0.310 e. The van der Waals surface area contributed by atoms with E-state index in [1.54, 1.807) is 28.9 Å². The first-order valence-corrected chi connectivity index (χ1v) is 9.95. The summed E-state index contributed by atoms with van der Waals surface area (Å²) in [6, 6.07) is 6.23. The average molecular weight is 390 g/mol. The number of halogens is 1. The molecular weight excluding hydrogens is 363 g/mol. The van der Waals surface area contributed by atoms with E-state index in [1.165, 1.54) is 12.1 Å². The van der Waals surface area contributed by atoms with Crippen molar-refractivity contribution in [3.63, 3.8) is 0 Å². The predicted octanol–water partition coefficient (Wildman–Crippen LogP) is 2.02. The summed E-state index contributed by atoms with van der Waals surface area (Å²) in [4.78, 5) is 40.6. The number of esters is 1. The third-order valence-corrected chi connectivity index (χ3v) is 5.50. The molecule has 152 valence electrons. The third kappa shape index (κ3) is 4.88. The van der Waals surface area contributed by atoms with Gasteiger partial charge in [-0.3, -0.25) is 14.4 Å². The maximum absolute atomic E-state index is 13.0. The lowest BCUT2D eigenvalue weighted by molar-refractivity contribution is -0.152. The summed E-state index contributed by atoms with van der Waals surface area (Å²) in [7, 11) is 0. The standard InChI is InChI=1S/C21H27FN2O4/c1-2-28-21(27)16-4-3-10-24(13-16)20(26)17-12-19(25)23(14-17)11-9-15-5-7-18(22)8-6-15/h5-8,16-17H,2-4,9-14H2,1H3/t16-,17+/m1/s1. The van der Waals surface area contributed by atoms with Crippen LogP contribution in [0.2, 0.25) is 0 Å². The third-order valence-electron chi connectivity index (χ3n) is 5.50. The minimum absolute atomic E-state index is 0.0283. The summed E-state index contributed by atoms with van der Waals surface area (Å²) >= 11 is 0. The molecule has 0 bridgehead atoms. The van der Waals surface area contributed by atoms with Crippen LogP contribution in [0.3, 0.4) is 0 Å². The number of benzene rings is 1. The molecule has 0 aliphatic carbocycles. The van der Waals surface area contributed by atoms with E-state index in [1.807, 2.05) is 0 Å². The highest BCUT2D eigenvalue weighted by Gasteiger charge is 2.38. The lowest BCUT2D eigenvalue weighted by Crippen LogP contribution is -2.45. The van der Waals surface area contributed by atoms with Gasteiger partial charge < -0.3 is 14.5 Å². The van der Waals surface area contributed by atoms with Crippen LogP contribution in [-0.4, -0.2) is 60.4 Å². The lowest BCUT2D eigenvalue weighted by Gasteiger charge is -2.33. The second-order valence-corrected chi connectivity index (χ2v) is 7.49. The summed E-state index contributed by atoms with van der Waals surface area (Å²) in [5, 5.41) is 0. The Morgan fingerprint density at radius 1 is 1.18 bits per heavy atom. The van der Waals surface area contributed by atoms with Crippen molar-refractivity contribution >= 4 is 17.8 Å². The van der Waals surface area contributed by atoms with Crippen molar-refractivity contribution in [3.8, 4) is 0 Å². The van der Waals surface area contributed by atoms with Crippen molar-refractivity contribution in [3.05, 3.63) is 35.6 Å². The molecule has 0 aromatic heterocycles. The first-order chi connectivity index (χ1) is 13.5. The van der Waals surface area contributed by atoms with Gasteiger partial charge in [-0.15, -0.1) is 0 Å². The summed E-state index contributed by atoms with van der Waals surface area (Å²) in [6.07, 6.45) is 2.34. The van der Waals surface area contributed by atoms with Crippen LogP contribution < -0.4 is 0 Å². The van der Waals surface area contributed by atoms with Gasteiger partial charge in [-0.1, -0.05) is 12.1 Å². The summed E-state index contributed by atoms with van der Waals surface area (Å²) in [6.45, 7) is 4.02.